The van der Waals surface area contributed by atoms with Gasteiger partial charge in [0.1, 0.15) is 5.03 Å². The van der Waals surface area contributed by atoms with Crippen molar-refractivity contribution in [1.29, 1.82) is 5.26 Å². The molecule has 19 heavy (non-hydrogen) atoms. The fourth-order valence-electron chi connectivity index (χ4n) is 1.32. The number of carbonyl (C=O) groups excluding carboxylic acids is 1. The first kappa shape index (κ1) is 13.1. The van der Waals surface area contributed by atoms with Gasteiger partial charge in [-0.2, -0.15) is 5.26 Å². The Morgan fingerprint density at radius 1 is 1.32 bits per heavy atom. The molecule has 0 unspecified atom stereocenters. The Labute approximate surface area is 114 Å². The van der Waals surface area contributed by atoms with Gasteiger partial charge in [0, 0.05) is 18.1 Å². The maximum absolute atomic E-state index is 11.7. The molecule has 1 amide bonds. The number of aromatic nitrogens is 2. The molecule has 0 atom stereocenters. The molecule has 0 bridgehead atoms. The van der Waals surface area contributed by atoms with Crippen molar-refractivity contribution in [3.63, 3.8) is 0 Å². The number of nitrogens with one attached hydrogen (secondary N) is 1. The average molecular weight is 270 g/mol. The second-order valence-corrected chi connectivity index (χ2v) is 4.57. The Morgan fingerprint density at radius 3 is 2.74 bits per heavy atom. The van der Waals surface area contributed by atoms with Gasteiger partial charge in [0.15, 0.2) is 0 Å². The van der Waals surface area contributed by atoms with Gasteiger partial charge >= 0.3 is 0 Å². The van der Waals surface area contributed by atoms with E-state index in [9.17, 15) is 4.79 Å². The van der Waals surface area contributed by atoms with Crippen molar-refractivity contribution < 1.29 is 4.79 Å². The molecule has 1 N–H and O–H groups in total. The third kappa shape index (κ3) is 4.08. The summed E-state index contributed by atoms with van der Waals surface area (Å²) in [6, 6.07) is 8.73. The van der Waals surface area contributed by atoms with Gasteiger partial charge in [0.2, 0.25) is 5.91 Å². The molecule has 0 aliphatic carbocycles. The number of nitriles is 1. The van der Waals surface area contributed by atoms with Crippen molar-refractivity contribution in [2.45, 2.75) is 5.03 Å². The first-order valence-corrected chi connectivity index (χ1v) is 6.45. The minimum Gasteiger partial charge on any atom is -0.325 e. The molecule has 1 aromatic carbocycles. The number of hydrogen-bond donors (Lipinski definition) is 1. The topological polar surface area (TPSA) is 78.7 Å². The Morgan fingerprint density at radius 2 is 2.11 bits per heavy atom. The summed E-state index contributed by atoms with van der Waals surface area (Å²) in [5, 5.41) is 12.1. The molecule has 2 rings (SSSR count). The number of nitrogens with zero attached hydrogens (tertiary/aromatic N) is 3. The normalized spacial score (nSPS) is 9.63. The highest BCUT2D eigenvalue weighted by Gasteiger charge is 2.04. The SMILES string of the molecule is N#Cc1ccc(NC(=O)CSc2cnccn2)cc1. The van der Waals surface area contributed by atoms with Crippen molar-refractivity contribution in [1.82, 2.24) is 9.97 Å². The lowest BCUT2D eigenvalue weighted by atomic mass is 10.2. The zero-order valence-corrected chi connectivity index (χ0v) is 10.7. The van der Waals surface area contributed by atoms with Crippen LogP contribution < -0.4 is 5.32 Å². The monoisotopic (exact) mass is 270 g/mol. The van der Waals surface area contributed by atoms with E-state index in [2.05, 4.69) is 15.3 Å². The highest BCUT2D eigenvalue weighted by Crippen LogP contribution is 2.14. The number of thioether (sulfide) groups is 1. The van der Waals surface area contributed by atoms with Gasteiger partial charge in [-0.3, -0.25) is 9.78 Å². The number of rotatable bonds is 4. The summed E-state index contributed by atoms with van der Waals surface area (Å²) in [5.41, 5.74) is 1.23. The lowest BCUT2D eigenvalue weighted by Gasteiger charge is -2.04. The molecule has 1 heterocycles. The highest BCUT2D eigenvalue weighted by molar-refractivity contribution is 7.99. The predicted octanol–water partition coefficient (Wildman–Crippen LogP) is 2.08. The van der Waals surface area contributed by atoms with Crippen LogP contribution in [0.1, 0.15) is 5.56 Å². The van der Waals surface area contributed by atoms with Crippen LogP contribution in [-0.2, 0) is 4.79 Å². The standard InChI is InChI=1S/C13H10N4OS/c14-7-10-1-3-11(4-2-10)17-12(18)9-19-13-8-15-5-6-16-13/h1-6,8H,9H2,(H,17,18). The number of benzene rings is 1. The van der Waals surface area contributed by atoms with Crippen LogP contribution in [0.4, 0.5) is 5.69 Å². The molecule has 0 aliphatic heterocycles. The fraction of sp³-hybridized carbons (Fsp3) is 0.0769. The summed E-state index contributed by atoms with van der Waals surface area (Å²) in [6.07, 6.45) is 4.78. The van der Waals surface area contributed by atoms with Gasteiger partial charge in [-0.1, -0.05) is 11.8 Å². The molecular formula is C13H10N4OS. The van der Waals surface area contributed by atoms with Gasteiger partial charge < -0.3 is 5.32 Å². The average Bonchev–Trinajstić information content (AvgIpc) is 2.47. The molecule has 6 heteroatoms. The summed E-state index contributed by atoms with van der Waals surface area (Å²) >= 11 is 1.32. The molecule has 94 valence electrons. The first-order chi connectivity index (χ1) is 9.28. The zero-order valence-electron chi connectivity index (χ0n) is 9.91. The second kappa shape index (κ2) is 6.52. The van der Waals surface area contributed by atoms with Crippen molar-refractivity contribution in [2.24, 2.45) is 0 Å². The number of hydrogen-bond acceptors (Lipinski definition) is 5. The van der Waals surface area contributed by atoms with Crippen LogP contribution in [0, 0.1) is 11.3 Å². The zero-order chi connectivity index (χ0) is 13.5. The number of carbonyl (C=O) groups is 1. The summed E-state index contributed by atoms with van der Waals surface area (Å²) in [4.78, 5) is 19.7. The van der Waals surface area contributed by atoms with Gasteiger partial charge in [-0.25, -0.2) is 4.98 Å². The van der Waals surface area contributed by atoms with Crippen LogP contribution in [0.15, 0.2) is 47.9 Å². The van der Waals surface area contributed by atoms with Crippen LogP contribution in [0.3, 0.4) is 0 Å². The fourth-order valence-corrected chi connectivity index (χ4v) is 1.95. The highest BCUT2D eigenvalue weighted by atomic mass is 32.2. The third-order valence-electron chi connectivity index (χ3n) is 2.19. The van der Waals surface area contributed by atoms with E-state index < -0.39 is 0 Å². The van der Waals surface area contributed by atoms with E-state index >= 15 is 0 Å². The number of anilines is 1. The third-order valence-corrected chi connectivity index (χ3v) is 3.10. The molecule has 5 nitrogen and oxygen atoms in total. The minimum atomic E-state index is -0.125. The Balaban J connectivity index is 1.86. The van der Waals surface area contributed by atoms with Crippen molar-refractivity contribution in [3.05, 3.63) is 48.4 Å². The van der Waals surface area contributed by atoms with Gasteiger partial charge in [-0.05, 0) is 24.3 Å². The van der Waals surface area contributed by atoms with Crippen molar-refractivity contribution >= 4 is 23.4 Å². The van der Waals surface area contributed by atoms with Crippen molar-refractivity contribution in [3.8, 4) is 6.07 Å². The number of amides is 1. The van der Waals surface area contributed by atoms with Crippen LogP contribution in [0.2, 0.25) is 0 Å². The Bertz CT molecular complexity index is 592. The molecular weight excluding hydrogens is 260 g/mol. The van der Waals surface area contributed by atoms with Crippen LogP contribution in [0.5, 0.6) is 0 Å². The molecule has 0 radical (unpaired) electrons. The summed E-state index contributed by atoms with van der Waals surface area (Å²) in [7, 11) is 0. The first-order valence-electron chi connectivity index (χ1n) is 5.47. The Kier molecular flexibility index (Phi) is 4.48. The van der Waals surface area contributed by atoms with Gasteiger partial charge in [0.05, 0.1) is 23.6 Å². The Hall–Kier alpha value is -2.39. The van der Waals surface area contributed by atoms with E-state index in [4.69, 9.17) is 5.26 Å². The quantitative estimate of drug-likeness (QED) is 0.860. The second-order valence-electron chi connectivity index (χ2n) is 3.57. The molecule has 1 aromatic heterocycles. The minimum absolute atomic E-state index is 0.125. The predicted molar refractivity (Wildman–Crippen MR) is 72.5 cm³/mol. The van der Waals surface area contributed by atoms with E-state index in [1.165, 1.54) is 11.8 Å². The molecule has 0 saturated carbocycles. The van der Waals surface area contributed by atoms with Crippen LogP contribution >= 0.6 is 11.8 Å². The largest absolute Gasteiger partial charge is 0.325 e. The molecule has 0 saturated heterocycles. The van der Waals surface area contributed by atoms with Crippen molar-refractivity contribution in [2.75, 3.05) is 11.1 Å². The van der Waals surface area contributed by atoms with Crippen LogP contribution in [-0.4, -0.2) is 21.6 Å². The smallest absolute Gasteiger partial charge is 0.234 e. The molecule has 2 aromatic rings. The lowest BCUT2D eigenvalue weighted by Crippen LogP contribution is -2.14. The van der Waals surface area contributed by atoms with Gasteiger partial charge in [0.25, 0.3) is 0 Å². The summed E-state index contributed by atoms with van der Waals surface area (Å²) in [6.45, 7) is 0. The van der Waals surface area contributed by atoms with Crippen LogP contribution in [0.25, 0.3) is 0 Å². The van der Waals surface area contributed by atoms with E-state index in [0.29, 0.717) is 16.3 Å². The lowest BCUT2D eigenvalue weighted by molar-refractivity contribution is -0.113. The maximum Gasteiger partial charge on any atom is 0.234 e. The van der Waals surface area contributed by atoms with Gasteiger partial charge in [-0.15, -0.1) is 0 Å². The van der Waals surface area contributed by atoms with E-state index in [1.54, 1.807) is 42.9 Å². The summed E-state index contributed by atoms with van der Waals surface area (Å²) < 4.78 is 0. The maximum atomic E-state index is 11.7. The van der Waals surface area contributed by atoms with E-state index in [1.807, 2.05) is 6.07 Å². The van der Waals surface area contributed by atoms with E-state index in [-0.39, 0.29) is 11.7 Å². The molecule has 0 spiro atoms. The van der Waals surface area contributed by atoms with E-state index in [0.717, 1.165) is 0 Å². The molecule has 0 fully saturated rings. The summed E-state index contributed by atoms with van der Waals surface area (Å²) in [5.74, 6) is 0.138. The molecule has 0 aliphatic rings.